The van der Waals surface area contributed by atoms with E-state index in [-0.39, 0.29) is 17.5 Å². The molecule has 1 aromatic rings. The minimum atomic E-state index is -0.755. The van der Waals surface area contributed by atoms with E-state index < -0.39 is 6.10 Å². The van der Waals surface area contributed by atoms with Crippen LogP contribution >= 0.6 is 0 Å². The van der Waals surface area contributed by atoms with Crippen LogP contribution in [0.4, 0.5) is 0 Å². The molecule has 7 heteroatoms. The molecule has 8 N–H and O–H groups in total. The van der Waals surface area contributed by atoms with E-state index in [1.807, 2.05) is 0 Å². The third kappa shape index (κ3) is 5.45. The second-order valence-corrected chi connectivity index (χ2v) is 4.13. The van der Waals surface area contributed by atoms with Crippen molar-refractivity contribution in [1.29, 1.82) is 0 Å². The first-order valence-electron chi connectivity index (χ1n) is 5.96. The highest BCUT2D eigenvalue weighted by Gasteiger charge is 2.09. The van der Waals surface area contributed by atoms with Crippen LogP contribution in [-0.4, -0.2) is 40.9 Å². The molecule has 0 amide bonds. The van der Waals surface area contributed by atoms with Gasteiger partial charge in [0.1, 0.15) is 0 Å². The number of aliphatic hydroxyl groups is 1. The van der Waals surface area contributed by atoms with E-state index in [1.165, 1.54) is 12.1 Å². The number of aromatic hydroxyl groups is 2. The van der Waals surface area contributed by atoms with Gasteiger partial charge in [0.2, 0.25) is 0 Å². The Bertz CT molecular complexity index is 433. The number of phenols is 2. The largest absolute Gasteiger partial charge is 0.504 e. The Morgan fingerprint density at radius 1 is 1.26 bits per heavy atom. The predicted octanol–water partition coefficient (Wildman–Crippen LogP) is -0.616. The summed E-state index contributed by atoms with van der Waals surface area (Å²) >= 11 is 0. The van der Waals surface area contributed by atoms with Crippen LogP contribution in [0, 0.1) is 0 Å². The molecule has 0 radical (unpaired) electrons. The number of nitrogens with one attached hydrogen (secondary N) is 1. The summed E-state index contributed by atoms with van der Waals surface area (Å²) in [7, 11) is 0. The van der Waals surface area contributed by atoms with Crippen LogP contribution in [0.25, 0.3) is 0 Å². The van der Waals surface area contributed by atoms with Gasteiger partial charge in [-0.25, -0.2) is 0 Å². The van der Waals surface area contributed by atoms with Gasteiger partial charge in [-0.3, -0.25) is 4.99 Å². The Morgan fingerprint density at radius 2 is 2.00 bits per heavy atom. The van der Waals surface area contributed by atoms with Crippen LogP contribution in [0.5, 0.6) is 11.5 Å². The van der Waals surface area contributed by atoms with Crippen LogP contribution in [0.1, 0.15) is 18.1 Å². The number of hydrogen-bond donors (Lipinski definition) is 6. The SMILES string of the molecule is NC(N)=NCCCNCC(O)c1ccc(O)c(O)c1. The van der Waals surface area contributed by atoms with Gasteiger partial charge in [-0.2, -0.15) is 0 Å². The number of phenolic OH excluding ortho intramolecular Hbond substituents is 2. The predicted molar refractivity (Wildman–Crippen MR) is 72.9 cm³/mol. The summed E-state index contributed by atoms with van der Waals surface area (Å²) in [5, 5.41) is 31.4. The Hall–Kier alpha value is -1.99. The quantitative estimate of drug-likeness (QED) is 0.169. The van der Waals surface area contributed by atoms with Crippen molar-refractivity contribution < 1.29 is 15.3 Å². The molecule has 0 heterocycles. The normalized spacial score (nSPS) is 12.1. The summed E-state index contributed by atoms with van der Waals surface area (Å²) in [4.78, 5) is 3.83. The molecule has 0 aliphatic carbocycles. The lowest BCUT2D eigenvalue weighted by atomic mass is 10.1. The fraction of sp³-hybridized carbons (Fsp3) is 0.417. The van der Waals surface area contributed by atoms with Crippen molar-refractivity contribution >= 4 is 5.96 Å². The van der Waals surface area contributed by atoms with E-state index >= 15 is 0 Å². The van der Waals surface area contributed by atoms with Crippen molar-refractivity contribution in [2.75, 3.05) is 19.6 Å². The fourth-order valence-corrected chi connectivity index (χ4v) is 1.52. The van der Waals surface area contributed by atoms with Crippen molar-refractivity contribution in [3.8, 4) is 11.5 Å². The van der Waals surface area contributed by atoms with Gasteiger partial charge in [-0.05, 0) is 30.7 Å². The van der Waals surface area contributed by atoms with Gasteiger partial charge in [-0.1, -0.05) is 6.07 Å². The van der Waals surface area contributed by atoms with Crippen LogP contribution in [0.2, 0.25) is 0 Å². The first kappa shape index (κ1) is 15.1. The minimum absolute atomic E-state index is 0.0691. The van der Waals surface area contributed by atoms with Crippen LogP contribution in [-0.2, 0) is 0 Å². The highest BCUT2D eigenvalue weighted by atomic mass is 16.3. The highest BCUT2D eigenvalue weighted by Crippen LogP contribution is 2.27. The number of nitrogens with two attached hydrogens (primary N) is 2. The van der Waals surface area contributed by atoms with E-state index in [9.17, 15) is 10.2 Å². The number of hydrogen-bond acceptors (Lipinski definition) is 5. The highest BCUT2D eigenvalue weighted by molar-refractivity contribution is 5.75. The topological polar surface area (TPSA) is 137 Å². The summed E-state index contributed by atoms with van der Waals surface area (Å²) in [5.74, 6) is -0.384. The van der Waals surface area contributed by atoms with Crippen LogP contribution in [0.15, 0.2) is 23.2 Å². The summed E-state index contributed by atoms with van der Waals surface area (Å²) in [5.41, 5.74) is 10.9. The molecule has 0 aliphatic heterocycles. The molecule has 1 rings (SSSR count). The zero-order valence-electron chi connectivity index (χ0n) is 10.6. The molecule has 0 saturated carbocycles. The number of aliphatic imine (C=N–C) groups is 1. The summed E-state index contributed by atoms with van der Waals surface area (Å²) < 4.78 is 0. The van der Waals surface area contributed by atoms with Gasteiger partial charge in [0.25, 0.3) is 0 Å². The van der Waals surface area contributed by atoms with Gasteiger partial charge in [-0.15, -0.1) is 0 Å². The second kappa shape index (κ2) is 7.45. The molecular weight excluding hydrogens is 248 g/mol. The van der Waals surface area contributed by atoms with E-state index in [0.717, 1.165) is 6.42 Å². The number of aliphatic hydroxyl groups excluding tert-OH is 1. The lowest BCUT2D eigenvalue weighted by Crippen LogP contribution is -2.25. The fourth-order valence-electron chi connectivity index (χ4n) is 1.52. The molecule has 1 atom stereocenters. The molecule has 19 heavy (non-hydrogen) atoms. The Morgan fingerprint density at radius 3 is 2.63 bits per heavy atom. The van der Waals surface area contributed by atoms with E-state index in [0.29, 0.717) is 25.2 Å². The lowest BCUT2D eigenvalue weighted by Gasteiger charge is -2.12. The molecule has 0 saturated heterocycles. The van der Waals surface area contributed by atoms with Gasteiger partial charge in [0, 0.05) is 13.1 Å². The summed E-state index contributed by atoms with van der Waals surface area (Å²) in [6, 6.07) is 4.23. The van der Waals surface area contributed by atoms with Gasteiger partial charge in [0.05, 0.1) is 6.10 Å². The smallest absolute Gasteiger partial charge is 0.185 e. The summed E-state index contributed by atoms with van der Waals surface area (Å²) in [6.45, 7) is 1.54. The molecule has 1 unspecified atom stereocenters. The molecule has 0 spiro atoms. The molecule has 0 aromatic heterocycles. The van der Waals surface area contributed by atoms with Crippen molar-refractivity contribution in [3.63, 3.8) is 0 Å². The summed E-state index contributed by atoms with van der Waals surface area (Å²) in [6.07, 6.45) is 0.000385. The third-order valence-corrected chi connectivity index (χ3v) is 2.53. The van der Waals surface area contributed by atoms with E-state index in [2.05, 4.69) is 10.3 Å². The molecule has 106 valence electrons. The van der Waals surface area contributed by atoms with Crippen molar-refractivity contribution in [3.05, 3.63) is 23.8 Å². The van der Waals surface area contributed by atoms with Gasteiger partial charge in [0.15, 0.2) is 17.5 Å². The third-order valence-electron chi connectivity index (χ3n) is 2.53. The molecule has 1 aromatic carbocycles. The van der Waals surface area contributed by atoms with E-state index in [1.54, 1.807) is 6.07 Å². The monoisotopic (exact) mass is 268 g/mol. The minimum Gasteiger partial charge on any atom is -0.504 e. The Labute approximate surface area is 111 Å². The molecule has 0 bridgehead atoms. The molecule has 0 aliphatic rings. The molecular formula is C12H20N4O3. The van der Waals surface area contributed by atoms with Crippen molar-refractivity contribution in [2.24, 2.45) is 16.5 Å². The maximum atomic E-state index is 9.86. The zero-order valence-corrected chi connectivity index (χ0v) is 10.6. The lowest BCUT2D eigenvalue weighted by molar-refractivity contribution is 0.174. The van der Waals surface area contributed by atoms with Gasteiger partial charge >= 0.3 is 0 Å². The standard InChI is InChI=1S/C12H20N4O3/c13-12(14)16-5-1-4-15-7-11(19)8-2-3-9(17)10(18)6-8/h2-3,6,11,15,17-19H,1,4-5,7H2,(H4,13,14,16). The first-order valence-corrected chi connectivity index (χ1v) is 5.96. The van der Waals surface area contributed by atoms with Crippen LogP contribution < -0.4 is 16.8 Å². The van der Waals surface area contributed by atoms with Gasteiger partial charge < -0.3 is 32.1 Å². The van der Waals surface area contributed by atoms with Crippen molar-refractivity contribution in [1.82, 2.24) is 5.32 Å². The second-order valence-electron chi connectivity index (χ2n) is 4.13. The Balaban J connectivity index is 2.29. The molecule has 7 nitrogen and oxygen atoms in total. The average Bonchev–Trinajstić information content (AvgIpc) is 2.36. The van der Waals surface area contributed by atoms with Crippen molar-refractivity contribution in [2.45, 2.75) is 12.5 Å². The number of benzene rings is 1. The zero-order chi connectivity index (χ0) is 14.3. The Kier molecular flexibility index (Phi) is 5.91. The number of guanidine groups is 1. The number of nitrogens with zero attached hydrogens (tertiary/aromatic N) is 1. The first-order chi connectivity index (χ1) is 9.00. The maximum absolute atomic E-state index is 9.86. The molecule has 0 fully saturated rings. The average molecular weight is 268 g/mol. The maximum Gasteiger partial charge on any atom is 0.185 e. The number of rotatable bonds is 7. The van der Waals surface area contributed by atoms with Crippen LogP contribution in [0.3, 0.4) is 0 Å². The van der Waals surface area contributed by atoms with E-state index in [4.69, 9.17) is 16.6 Å².